The van der Waals surface area contributed by atoms with Crippen LogP contribution in [0.15, 0.2) is 24.3 Å². The van der Waals surface area contributed by atoms with E-state index in [1.165, 1.54) is 11.3 Å². The zero-order chi connectivity index (χ0) is 15.7. The fraction of sp³-hybridized carbons (Fsp3) is 0.667. The molecule has 4 heteroatoms. The van der Waals surface area contributed by atoms with Gasteiger partial charge in [-0.2, -0.15) is 0 Å². The van der Waals surface area contributed by atoms with Crippen molar-refractivity contribution in [2.24, 2.45) is 5.92 Å². The number of anilines is 1. The summed E-state index contributed by atoms with van der Waals surface area (Å²) in [7, 11) is -2.80. The van der Waals surface area contributed by atoms with Gasteiger partial charge in [-0.25, -0.2) is 8.42 Å². The van der Waals surface area contributed by atoms with Crippen molar-refractivity contribution in [3.8, 4) is 0 Å². The molecule has 0 N–H and O–H groups in total. The van der Waals surface area contributed by atoms with E-state index >= 15 is 0 Å². The molecule has 2 fully saturated rings. The highest BCUT2D eigenvalue weighted by atomic mass is 32.2. The van der Waals surface area contributed by atoms with Crippen LogP contribution in [0.2, 0.25) is 0 Å². The van der Waals surface area contributed by atoms with Crippen molar-refractivity contribution in [2.75, 3.05) is 23.7 Å². The first-order valence-electron chi connectivity index (χ1n) is 8.52. The van der Waals surface area contributed by atoms with Gasteiger partial charge in [-0.3, -0.25) is 0 Å². The van der Waals surface area contributed by atoms with E-state index in [9.17, 15) is 8.42 Å². The van der Waals surface area contributed by atoms with Gasteiger partial charge in [0.05, 0.1) is 11.0 Å². The van der Waals surface area contributed by atoms with Crippen LogP contribution >= 0.6 is 0 Å². The lowest BCUT2D eigenvalue weighted by Crippen LogP contribution is -2.36. The first-order chi connectivity index (χ1) is 10.5. The number of benzene rings is 1. The predicted molar refractivity (Wildman–Crippen MR) is 92.3 cm³/mol. The lowest BCUT2D eigenvalue weighted by molar-refractivity contribution is 0.435. The molecule has 0 aromatic heterocycles. The SMILES string of the molecule is CC(C)c1ccc(N2CCC(CS(=O)(=O)C3CC3)CC2)cc1. The topological polar surface area (TPSA) is 37.4 Å². The van der Waals surface area contributed by atoms with Crippen LogP contribution < -0.4 is 4.90 Å². The number of hydrogen-bond acceptors (Lipinski definition) is 3. The van der Waals surface area contributed by atoms with Crippen LogP contribution in [-0.4, -0.2) is 32.5 Å². The van der Waals surface area contributed by atoms with Gasteiger partial charge >= 0.3 is 0 Å². The molecule has 1 aliphatic carbocycles. The zero-order valence-corrected chi connectivity index (χ0v) is 14.5. The van der Waals surface area contributed by atoms with E-state index < -0.39 is 9.84 Å². The Morgan fingerprint density at radius 2 is 1.64 bits per heavy atom. The minimum Gasteiger partial charge on any atom is -0.372 e. The van der Waals surface area contributed by atoms with Gasteiger partial charge in [0.25, 0.3) is 0 Å². The van der Waals surface area contributed by atoms with Crippen molar-refractivity contribution in [2.45, 2.75) is 50.7 Å². The molecule has 1 saturated carbocycles. The van der Waals surface area contributed by atoms with Gasteiger partial charge in [0.2, 0.25) is 0 Å². The third-order valence-corrected chi connectivity index (χ3v) is 7.46. The highest BCUT2D eigenvalue weighted by Crippen LogP contribution is 2.32. The maximum atomic E-state index is 12.1. The molecule has 0 bridgehead atoms. The van der Waals surface area contributed by atoms with E-state index in [1.54, 1.807) is 0 Å². The van der Waals surface area contributed by atoms with Gasteiger partial charge in [0, 0.05) is 18.8 Å². The van der Waals surface area contributed by atoms with Gasteiger partial charge in [0.15, 0.2) is 9.84 Å². The third-order valence-electron chi connectivity index (χ3n) is 5.04. The predicted octanol–water partition coefficient (Wildman–Crippen LogP) is 3.60. The van der Waals surface area contributed by atoms with Crippen molar-refractivity contribution >= 4 is 15.5 Å². The summed E-state index contributed by atoms with van der Waals surface area (Å²) in [5, 5.41) is -0.00546. The van der Waals surface area contributed by atoms with Crippen LogP contribution in [0.5, 0.6) is 0 Å². The molecule has 122 valence electrons. The van der Waals surface area contributed by atoms with Gasteiger partial charge in [0.1, 0.15) is 0 Å². The Labute approximate surface area is 134 Å². The largest absolute Gasteiger partial charge is 0.372 e. The summed E-state index contributed by atoms with van der Waals surface area (Å²) in [6.07, 6.45) is 3.78. The van der Waals surface area contributed by atoms with Crippen molar-refractivity contribution in [3.63, 3.8) is 0 Å². The smallest absolute Gasteiger partial charge is 0.153 e. The minimum atomic E-state index is -2.80. The van der Waals surface area contributed by atoms with Gasteiger partial charge in [-0.15, -0.1) is 0 Å². The number of sulfone groups is 1. The van der Waals surface area contributed by atoms with E-state index in [-0.39, 0.29) is 5.25 Å². The summed E-state index contributed by atoms with van der Waals surface area (Å²) < 4.78 is 24.2. The summed E-state index contributed by atoms with van der Waals surface area (Å²) >= 11 is 0. The fourth-order valence-electron chi connectivity index (χ4n) is 3.32. The summed E-state index contributed by atoms with van der Waals surface area (Å²) in [5.74, 6) is 1.34. The Morgan fingerprint density at radius 1 is 1.05 bits per heavy atom. The van der Waals surface area contributed by atoms with Gasteiger partial charge < -0.3 is 4.90 Å². The van der Waals surface area contributed by atoms with E-state index in [2.05, 4.69) is 43.0 Å². The Kier molecular flexibility index (Phi) is 4.49. The summed E-state index contributed by atoms with van der Waals surface area (Å²) in [5.41, 5.74) is 2.64. The molecule has 0 radical (unpaired) electrons. The second kappa shape index (κ2) is 6.23. The van der Waals surface area contributed by atoms with Gasteiger partial charge in [-0.1, -0.05) is 26.0 Å². The Hall–Kier alpha value is -1.03. The minimum absolute atomic E-state index is 0.00546. The molecule has 0 atom stereocenters. The average Bonchev–Trinajstić information content (AvgIpc) is 3.33. The van der Waals surface area contributed by atoms with E-state index in [4.69, 9.17) is 0 Å². The zero-order valence-electron chi connectivity index (χ0n) is 13.7. The van der Waals surface area contributed by atoms with Crippen molar-refractivity contribution in [3.05, 3.63) is 29.8 Å². The molecule has 3 rings (SSSR count). The number of nitrogens with zero attached hydrogens (tertiary/aromatic N) is 1. The van der Waals surface area contributed by atoms with E-state index in [1.807, 2.05) is 0 Å². The second-order valence-corrected chi connectivity index (χ2v) is 9.53. The number of hydrogen-bond donors (Lipinski definition) is 0. The molecule has 0 spiro atoms. The first-order valence-corrected chi connectivity index (χ1v) is 10.2. The second-order valence-electron chi connectivity index (χ2n) is 7.21. The van der Waals surface area contributed by atoms with Crippen LogP contribution in [-0.2, 0) is 9.84 Å². The Balaban J connectivity index is 1.55. The molecule has 1 aliphatic heterocycles. The molecule has 1 aromatic rings. The number of rotatable bonds is 5. The Bertz CT molecular complexity index is 594. The van der Waals surface area contributed by atoms with Crippen LogP contribution in [0.3, 0.4) is 0 Å². The molecular weight excluding hydrogens is 294 g/mol. The lowest BCUT2D eigenvalue weighted by Gasteiger charge is -2.33. The molecule has 0 unspecified atom stereocenters. The van der Waals surface area contributed by atoms with Crippen LogP contribution in [0.4, 0.5) is 5.69 Å². The fourth-order valence-corrected chi connectivity index (χ4v) is 5.44. The summed E-state index contributed by atoms with van der Waals surface area (Å²) in [6.45, 7) is 6.37. The van der Waals surface area contributed by atoms with Crippen LogP contribution in [0.1, 0.15) is 51.0 Å². The lowest BCUT2D eigenvalue weighted by atomic mass is 9.98. The molecule has 0 amide bonds. The summed E-state index contributed by atoms with van der Waals surface area (Å²) in [6, 6.07) is 8.83. The first kappa shape index (κ1) is 15.9. The van der Waals surface area contributed by atoms with Crippen LogP contribution in [0, 0.1) is 5.92 Å². The third kappa shape index (κ3) is 3.65. The number of piperidine rings is 1. The Morgan fingerprint density at radius 3 is 2.14 bits per heavy atom. The van der Waals surface area contributed by atoms with Gasteiger partial charge in [-0.05, 0) is 55.2 Å². The highest BCUT2D eigenvalue weighted by molar-refractivity contribution is 7.92. The standard InChI is InChI=1S/C18H27NO2S/c1-14(2)16-3-5-17(6-4-16)19-11-9-15(10-12-19)13-22(20,21)18-7-8-18/h3-6,14-15,18H,7-13H2,1-2H3. The molecular formula is C18H27NO2S. The summed E-state index contributed by atoms with van der Waals surface area (Å²) in [4.78, 5) is 2.39. The van der Waals surface area contributed by atoms with E-state index in [0.717, 1.165) is 38.8 Å². The van der Waals surface area contributed by atoms with Crippen molar-refractivity contribution < 1.29 is 8.42 Å². The van der Waals surface area contributed by atoms with Crippen molar-refractivity contribution in [1.82, 2.24) is 0 Å². The highest BCUT2D eigenvalue weighted by Gasteiger charge is 2.37. The quantitative estimate of drug-likeness (QED) is 0.831. The maximum Gasteiger partial charge on any atom is 0.153 e. The normalized spacial score (nSPS) is 20.6. The van der Waals surface area contributed by atoms with Crippen molar-refractivity contribution in [1.29, 1.82) is 0 Å². The molecule has 1 saturated heterocycles. The molecule has 1 aromatic carbocycles. The monoisotopic (exact) mass is 321 g/mol. The molecule has 22 heavy (non-hydrogen) atoms. The van der Waals surface area contributed by atoms with E-state index in [0.29, 0.717) is 17.6 Å². The molecule has 2 aliphatic rings. The van der Waals surface area contributed by atoms with Crippen LogP contribution in [0.25, 0.3) is 0 Å². The average molecular weight is 321 g/mol. The molecule has 3 nitrogen and oxygen atoms in total. The molecule has 1 heterocycles. The maximum absolute atomic E-state index is 12.1.